The first kappa shape index (κ1) is 32.0. The van der Waals surface area contributed by atoms with Gasteiger partial charge in [0.2, 0.25) is 0 Å². The van der Waals surface area contributed by atoms with Crippen LogP contribution in [0.25, 0.3) is 32.1 Å². The van der Waals surface area contributed by atoms with Crippen LogP contribution in [0.5, 0.6) is 6.01 Å². The Morgan fingerprint density at radius 2 is 1.93 bits per heavy atom. The number of alkyl halides is 7. The number of rotatable bonds is 6. The monoisotopic (exact) mass is 670 g/mol. The Kier molecular flexibility index (Phi) is 7.71. The molecule has 16 heteroatoms. The molecule has 2 aliphatic heterocycles. The maximum absolute atomic E-state index is 15.2. The van der Waals surface area contributed by atoms with Crippen LogP contribution in [-0.4, -0.2) is 59.9 Å². The molecule has 244 valence electrons. The normalized spacial score (nSPS) is 20.4. The van der Waals surface area contributed by atoms with Crippen molar-refractivity contribution in [2.75, 3.05) is 43.9 Å². The van der Waals surface area contributed by atoms with Crippen molar-refractivity contribution in [3.05, 3.63) is 40.7 Å². The zero-order valence-corrected chi connectivity index (χ0v) is 25.2. The van der Waals surface area contributed by atoms with Crippen LogP contribution in [0.4, 0.5) is 45.9 Å². The number of halogens is 8. The van der Waals surface area contributed by atoms with Crippen molar-refractivity contribution in [1.82, 2.24) is 14.9 Å². The van der Waals surface area contributed by atoms with Gasteiger partial charge in [-0.05, 0) is 44.0 Å². The van der Waals surface area contributed by atoms with Crippen LogP contribution in [0.2, 0.25) is 0 Å². The van der Waals surface area contributed by atoms with Crippen molar-refractivity contribution < 1.29 is 39.9 Å². The van der Waals surface area contributed by atoms with Crippen molar-refractivity contribution in [2.45, 2.75) is 50.2 Å². The molecule has 2 fully saturated rings. The number of ether oxygens (including phenoxy) is 1. The van der Waals surface area contributed by atoms with Gasteiger partial charge in [0, 0.05) is 42.9 Å². The Hall–Kier alpha value is -3.97. The summed E-state index contributed by atoms with van der Waals surface area (Å²) in [5.41, 5.74) is -1.65. The number of anilines is 2. The third kappa shape index (κ3) is 5.13. The van der Waals surface area contributed by atoms with E-state index in [1.165, 1.54) is 11.9 Å². The van der Waals surface area contributed by atoms with Crippen molar-refractivity contribution in [3.8, 4) is 23.2 Å². The summed E-state index contributed by atoms with van der Waals surface area (Å²) in [6.07, 6.45) is -10.4. The number of fused-ring (bicyclic) bond motifs is 3. The first-order chi connectivity index (χ1) is 21.6. The summed E-state index contributed by atoms with van der Waals surface area (Å²) in [5, 5.41) is 8.44. The molecule has 2 aromatic heterocycles. The molecule has 0 aliphatic carbocycles. The average molecular weight is 671 g/mol. The van der Waals surface area contributed by atoms with E-state index in [1.807, 2.05) is 4.90 Å². The fraction of sp³-hybridized carbons (Fsp3) is 0.433. The fourth-order valence-corrected chi connectivity index (χ4v) is 7.62. The zero-order valence-electron chi connectivity index (χ0n) is 24.4. The minimum atomic E-state index is -5.44. The molecule has 2 atom stereocenters. The Labute approximate surface area is 261 Å². The van der Waals surface area contributed by atoms with Gasteiger partial charge in [-0.15, -0.1) is 11.3 Å². The lowest BCUT2D eigenvalue weighted by molar-refractivity contribution is -0.141. The van der Waals surface area contributed by atoms with Gasteiger partial charge in [-0.2, -0.15) is 41.6 Å². The molecule has 2 saturated heterocycles. The van der Waals surface area contributed by atoms with Gasteiger partial charge in [-0.3, -0.25) is 4.90 Å². The predicted molar refractivity (Wildman–Crippen MR) is 157 cm³/mol. The van der Waals surface area contributed by atoms with Crippen molar-refractivity contribution in [3.63, 3.8) is 0 Å². The lowest BCUT2D eigenvalue weighted by Gasteiger charge is -2.31. The van der Waals surface area contributed by atoms with Crippen molar-refractivity contribution >= 4 is 43.1 Å². The SMILES string of the molecule is CCN(C)c1nc(OCC23CCCN2CC(F)C3)nc2c(C(F)(F)F)c(-c3ccc(F)c4sc(N)c(C#N)c34)c(C(F)(F)F)cc12. The summed E-state index contributed by atoms with van der Waals surface area (Å²) in [4.78, 5) is 11.6. The number of hydrogen-bond donors (Lipinski definition) is 1. The largest absolute Gasteiger partial charge is 0.461 e. The minimum Gasteiger partial charge on any atom is -0.461 e. The van der Waals surface area contributed by atoms with Crippen LogP contribution < -0.4 is 15.4 Å². The van der Waals surface area contributed by atoms with E-state index >= 15 is 13.2 Å². The van der Waals surface area contributed by atoms with E-state index < -0.39 is 80.0 Å². The molecule has 6 rings (SSSR count). The first-order valence-electron chi connectivity index (χ1n) is 14.3. The Morgan fingerprint density at radius 1 is 1.20 bits per heavy atom. The first-order valence-corrected chi connectivity index (χ1v) is 15.1. The highest BCUT2D eigenvalue weighted by Gasteiger charge is 2.50. The molecule has 2 aromatic carbocycles. The molecule has 2 unspecified atom stereocenters. The van der Waals surface area contributed by atoms with Crippen LogP contribution in [0.3, 0.4) is 0 Å². The van der Waals surface area contributed by atoms with Crippen LogP contribution >= 0.6 is 11.3 Å². The Balaban J connectivity index is 1.68. The number of nitrogens with two attached hydrogens (primary N) is 1. The molecule has 4 heterocycles. The summed E-state index contributed by atoms with van der Waals surface area (Å²) in [5.74, 6) is -1.21. The molecular weight excluding hydrogens is 644 g/mol. The molecule has 46 heavy (non-hydrogen) atoms. The topological polar surface area (TPSA) is 91.3 Å². The maximum atomic E-state index is 15.2. The zero-order chi connectivity index (χ0) is 33.3. The second kappa shape index (κ2) is 11.1. The van der Waals surface area contributed by atoms with E-state index in [0.29, 0.717) is 30.4 Å². The highest BCUT2D eigenvalue weighted by Crippen LogP contribution is 2.52. The Morgan fingerprint density at radius 3 is 2.59 bits per heavy atom. The van der Waals surface area contributed by atoms with Gasteiger partial charge >= 0.3 is 18.4 Å². The summed E-state index contributed by atoms with van der Waals surface area (Å²) < 4.78 is 125. The van der Waals surface area contributed by atoms with Gasteiger partial charge in [-0.25, -0.2) is 8.78 Å². The number of nitrogen functional groups attached to an aromatic ring is 1. The van der Waals surface area contributed by atoms with Crippen molar-refractivity contribution in [1.29, 1.82) is 5.26 Å². The molecule has 0 bridgehead atoms. The average Bonchev–Trinajstić information content (AvgIpc) is 3.62. The van der Waals surface area contributed by atoms with E-state index in [4.69, 9.17) is 10.5 Å². The summed E-state index contributed by atoms with van der Waals surface area (Å²) >= 11 is 0.541. The van der Waals surface area contributed by atoms with E-state index in [9.17, 15) is 27.2 Å². The summed E-state index contributed by atoms with van der Waals surface area (Å²) in [6.45, 7) is 2.46. The van der Waals surface area contributed by atoms with Gasteiger partial charge in [0.1, 0.15) is 35.5 Å². The van der Waals surface area contributed by atoms with Gasteiger partial charge < -0.3 is 15.4 Å². The number of hydrogen-bond acceptors (Lipinski definition) is 8. The molecule has 2 aliphatic rings. The standard InChI is InChI=1S/C30H26F8N6OS/c1-3-43(2)26-16-9-18(29(33,34)35)21(15-5-6-19(32)24-20(15)17(11-39)25(40)46-24)22(30(36,37)38)23(16)41-27(42-26)45-13-28-7-4-8-44(28)12-14(31)10-28/h5-6,9,14H,3-4,7-8,10,12-13,40H2,1-2H3. The van der Waals surface area contributed by atoms with E-state index in [1.54, 1.807) is 13.0 Å². The van der Waals surface area contributed by atoms with E-state index in [2.05, 4.69) is 9.97 Å². The smallest absolute Gasteiger partial charge is 0.419 e. The number of benzene rings is 2. The highest BCUT2D eigenvalue weighted by molar-refractivity contribution is 7.23. The molecule has 0 saturated carbocycles. The lowest BCUT2D eigenvalue weighted by Crippen LogP contribution is -2.43. The van der Waals surface area contributed by atoms with Crippen LogP contribution in [0.1, 0.15) is 42.9 Å². The summed E-state index contributed by atoms with van der Waals surface area (Å²) in [6, 6.07) is 3.20. The lowest BCUT2D eigenvalue weighted by atomic mass is 9.88. The quantitative estimate of drug-likeness (QED) is 0.212. The van der Waals surface area contributed by atoms with E-state index in [-0.39, 0.29) is 41.6 Å². The number of aromatic nitrogens is 2. The molecule has 0 spiro atoms. The second-order valence-corrected chi connectivity index (χ2v) is 12.6. The second-order valence-electron chi connectivity index (χ2n) is 11.5. The van der Waals surface area contributed by atoms with Crippen LogP contribution in [0.15, 0.2) is 18.2 Å². The Bertz CT molecular complexity index is 1900. The molecule has 4 aromatic rings. The van der Waals surface area contributed by atoms with Gasteiger partial charge in [0.15, 0.2) is 0 Å². The number of thiophene rings is 1. The number of nitriles is 1. The van der Waals surface area contributed by atoms with Crippen LogP contribution in [0, 0.1) is 17.1 Å². The van der Waals surface area contributed by atoms with Gasteiger partial charge in [0.25, 0.3) is 0 Å². The molecule has 7 nitrogen and oxygen atoms in total. The number of nitrogens with zero attached hydrogens (tertiary/aromatic N) is 5. The third-order valence-corrected chi connectivity index (χ3v) is 9.83. The maximum Gasteiger partial charge on any atom is 0.419 e. The fourth-order valence-electron chi connectivity index (χ4n) is 6.67. The predicted octanol–water partition coefficient (Wildman–Crippen LogP) is 7.55. The summed E-state index contributed by atoms with van der Waals surface area (Å²) in [7, 11) is 1.44. The van der Waals surface area contributed by atoms with Gasteiger partial charge in [0.05, 0.1) is 32.4 Å². The molecule has 0 amide bonds. The molecule has 2 N–H and O–H groups in total. The molecular formula is C30H26F8N6OS. The van der Waals surface area contributed by atoms with Crippen LogP contribution in [-0.2, 0) is 12.4 Å². The van der Waals surface area contributed by atoms with E-state index in [0.717, 1.165) is 18.6 Å². The van der Waals surface area contributed by atoms with Crippen molar-refractivity contribution in [2.24, 2.45) is 0 Å². The minimum absolute atomic E-state index is 0.138. The molecule has 0 radical (unpaired) electrons. The van der Waals surface area contributed by atoms with Gasteiger partial charge in [-0.1, -0.05) is 6.07 Å². The highest BCUT2D eigenvalue weighted by atomic mass is 32.1. The third-order valence-electron chi connectivity index (χ3n) is 8.80.